The van der Waals surface area contributed by atoms with Gasteiger partial charge in [-0.15, -0.1) is 24.0 Å². The van der Waals surface area contributed by atoms with E-state index in [0.717, 1.165) is 12.1 Å². The van der Waals surface area contributed by atoms with Crippen LogP contribution in [0.1, 0.15) is 19.5 Å². The van der Waals surface area contributed by atoms with Crippen LogP contribution < -0.4 is 10.6 Å². The van der Waals surface area contributed by atoms with Crippen molar-refractivity contribution in [3.8, 4) is 0 Å². The van der Waals surface area contributed by atoms with E-state index < -0.39 is 0 Å². The van der Waals surface area contributed by atoms with Crippen LogP contribution in [-0.2, 0) is 16.0 Å². The maximum atomic E-state index is 12.2. The van der Waals surface area contributed by atoms with Gasteiger partial charge in [0.05, 0.1) is 12.1 Å². The molecule has 0 aliphatic rings. The Morgan fingerprint density at radius 2 is 2.08 bits per heavy atom. The second-order valence-electron chi connectivity index (χ2n) is 6.13. The molecule has 0 saturated carbocycles. The van der Waals surface area contributed by atoms with Crippen molar-refractivity contribution in [3.63, 3.8) is 0 Å². The van der Waals surface area contributed by atoms with Gasteiger partial charge in [-0.3, -0.25) is 14.8 Å². The molecule has 1 amide bonds. The maximum Gasteiger partial charge on any atom is 0.241 e. The van der Waals surface area contributed by atoms with E-state index >= 15 is 0 Å². The Kier molecular flexibility index (Phi) is 11.3. The Balaban J connectivity index is 0.00000576. The van der Waals surface area contributed by atoms with Gasteiger partial charge >= 0.3 is 0 Å². The highest BCUT2D eigenvalue weighted by Gasteiger charge is 2.17. The van der Waals surface area contributed by atoms with E-state index in [2.05, 4.69) is 20.6 Å². The topological polar surface area (TPSA) is 78.9 Å². The Morgan fingerprint density at radius 1 is 1.36 bits per heavy atom. The number of hydrogen-bond donors (Lipinski definition) is 2. The van der Waals surface area contributed by atoms with Crippen LogP contribution in [0.5, 0.6) is 0 Å². The fraction of sp³-hybridized carbons (Fsp3) is 0.588. The predicted octanol–water partition coefficient (Wildman–Crippen LogP) is 1.29. The summed E-state index contributed by atoms with van der Waals surface area (Å²) >= 11 is 0. The molecule has 8 heteroatoms. The standard InChI is InChI=1S/C17H29N5O2.HI/c1-17(2,24-5)13-21-16(18-3)20-12-15(23)22(4)11-9-14-8-6-7-10-19-14;/h6-8,10H,9,11-13H2,1-5H3,(H2,18,20,21);1H. The quantitative estimate of drug-likeness (QED) is 0.345. The minimum atomic E-state index is -0.304. The summed E-state index contributed by atoms with van der Waals surface area (Å²) in [4.78, 5) is 22.2. The highest BCUT2D eigenvalue weighted by atomic mass is 127. The summed E-state index contributed by atoms with van der Waals surface area (Å²) in [6, 6.07) is 5.79. The average Bonchev–Trinajstić information content (AvgIpc) is 2.60. The van der Waals surface area contributed by atoms with Crippen LogP contribution in [-0.4, -0.2) is 68.2 Å². The molecule has 0 aromatic carbocycles. The van der Waals surface area contributed by atoms with E-state index in [1.807, 2.05) is 32.0 Å². The van der Waals surface area contributed by atoms with Crippen molar-refractivity contribution in [2.45, 2.75) is 25.9 Å². The number of amides is 1. The minimum absolute atomic E-state index is 0. The Bertz CT molecular complexity index is 537. The molecular formula is C17H30IN5O2. The second-order valence-corrected chi connectivity index (χ2v) is 6.13. The van der Waals surface area contributed by atoms with E-state index in [4.69, 9.17) is 4.74 Å². The molecule has 0 fully saturated rings. The summed E-state index contributed by atoms with van der Waals surface area (Å²) in [6.07, 6.45) is 2.49. The zero-order chi connectivity index (χ0) is 18.0. The summed E-state index contributed by atoms with van der Waals surface area (Å²) in [5.74, 6) is 0.575. The lowest BCUT2D eigenvalue weighted by Gasteiger charge is -2.24. The van der Waals surface area contributed by atoms with Gasteiger partial charge < -0.3 is 20.3 Å². The molecule has 1 aromatic rings. The van der Waals surface area contributed by atoms with Gasteiger partial charge in [0, 0.05) is 52.6 Å². The number of carbonyl (C=O) groups is 1. The third kappa shape index (κ3) is 9.59. The van der Waals surface area contributed by atoms with Crippen LogP contribution in [0, 0.1) is 0 Å². The van der Waals surface area contributed by atoms with E-state index in [1.165, 1.54) is 0 Å². The van der Waals surface area contributed by atoms with Gasteiger partial charge in [-0.1, -0.05) is 6.07 Å². The van der Waals surface area contributed by atoms with Crippen molar-refractivity contribution in [2.75, 3.05) is 40.8 Å². The number of aromatic nitrogens is 1. The monoisotopic (exact) mass is 463 g/mol. The smallest absolute Gasteiger partial charge is 0.241 e. The first-order valence-corrected chi connectivity index (χ1v) is 8.01. The lowest BCUT2D eigenvalue weighted by molar-refractivity contribution is -0.128. The normalized spacial score (nSPS) is 11.5. The lowest BCUT2D eigenvalue weighted by Crippen LogP contribution is -2.48. The van der Waals surface area contributed by atoms with Crippen LogP contribution in [0.15, 0.2) is 29.4 Å². The van der Waals surface area contributed by atoms with Crippen molar-refractivity contribution in [2.24, 2.45) is 4.99 Å². The molecule has 0 radical (unpaired) electrons. The summed E-state index contributed by atoms with van der Waals surface area (Å²) in [7, 11) is 5.12. The zero-order valence-corrected chi connectivity index (χ0v) is 18.0. The number of carbonyl (C=O) groups excluding carboxylic acids is 1. The van der Waals surface area contributed by atoms with Crippen molar-refractivity contribution in [1.82, 2.24) is 20.5 Å². The van der Waals surface area contributed by atoms with Crippen LogP contribution in [0.3, 0.4) is 0 Å². The number of rotatable bonds is 8. The number of pyridine rings is 1. The molecule has 1 aromatic heterocycles. The van der Waals surface area contributed by atoms with Gasteiger partial charge in [0.1, 0.15) is 0 Å². The van der Waals surface area contributed by atoms with Crippen molar-refractivity contribution < 1.29 is 9.53 Å². The zero-order valence-electron chi connectivity index (χ0n) is 15.7. The first kappa shape index (κ1) is 23.6. The fourth-order valence-corrected chi connectivity index (χ4v) is 1.84. The molecule has 0 aliphatic carbocycles. The number of aliphatic imine (C=N–C) groups is 1. The van der Waals surface area contributed by atoms with Crippen molar-refractivity contribution >= 4 is 35.8 Å². The summed E-state index contributed by atoms with van der Waals surface area (Å²) in [6.45, 7) is 5.35. The van der Waals surface area contributed by atoms with E-state index in [9.17, 15) is 4.79 Å². The number of nitrogens with zero attached hydrogens (tertiary/aromatic N) is 3. The molecule has 25 heavy (non-hydrogen) atoms. The fourth-order valence-electron chi connectivity index (χ4n) is 1.84. The minimum Gasteiger partial charge on any atom is -0.377 e. The van der Waals surface area contributed by atoms with Gasteiger partial charge in [-0.05, 0) is 26.0 Å². The summed E-state index contributed by atoms with van der Waals surface area (Å²) < 4.78 is 5.34. The lowest BCUT2D eigenvalue weighted by atomic mass is 10.1. The summed E-state index contributed by atoms with van der Waals surface area (Å²) in [5.41, 5.74) is 0.672. The molecule has 142 valence electrons. The van der Waals surface area contributed by atoms with E-state index in [-0.39, 0.29) is 42.0 Å². The largest absolute Gasteiger partial charge is 0.377 e. The number of hydrogen-bond acceptors (Lipinski definition) is 4. The highest BCUT2D eigenvalue weighted by molar-refractivity contribution is 14.0. The van der Waals surface area contributed by atoms with Gasteiger partial charge in [0.25, 0.3) is 0 Å². The van der Waals surface area contributed by atoms with E-state index in [1.54, 1.807) is 32.3 Å². The first-order chi connectivity index (χ1) is 11.4. The van der Waals surface area contributed by atoms with Crippen LogP contribution in [0.2, 0.25) is 0 Å². The number of ether oxygens (including phenoxy) is 1. The number of nitrogens with one attached hydrogen (secondary N) is 2. The SMILES string of the molecule is CN=C(NCC(=O)N(C)CCc1ccccn1)NCC(C)(C)OC.I. The molecule has 0 bridgehead atoms. The van der Waals surface area contributed by atoms with Crippen LogP contribution >= 0.6 is 24.0 Å². The molecule has 0 aliphatic heterocycles. The van der Waals surface area contributed by atoms with Crippen molar-refractivity contribution in [3.05, 3.63) is 30.1 Å². The number of likely N-dealkylation sites (N-methyl/N-ethyl adjacent to an activating group) is 1. The molecule has 1 rings (SSSR count). The number of guanidine groups is 1. The number of methoxy groups -OCH3 is 1. The molecule has 2 N–H and O–H groups in total. The Morgan fingerprint density at radius 3 is 2.64 bits per heavy atom. The molecular weight excluding hydrogens is 433 g/mol. The molecule has 7 nitrogen and oxygen atoms in total. The highest BCUT2D eigenvalue weighted by Crippen LogP contribution is 2.04. The second kappa shape index (κ2) is 12.0. The van der Waals surface area contributed by atoms with Gasteiger partial charge in [-0.25, -0.2) is 0 Å². The van der Waals surface area contributed by atoms with E-state index in [0.29, 0.717) is 19.0 Å². The molecule has 0 atom stereocenters. The van der Waals surface area contributed by atoms with Gasteiger partial charge in [0.15, 0.2) is 5.96 Å². The van der Waals surface area contributed by atoms with Crippen LogP contribution in [0.25, 0.3) is 0 Å². The van der Waals surface area contributed by atoms with Crippen LogP contribution in [0.4, 0.5) is 0 Å². The molecule has 0 unspecified atom stereocenters. The third-order valence-corrected chi connectivity index (χ3v) is 3.72. The van der Waals surface area contributed by atoms with Gasteiger partial charge in [0.2, 0.25) is 5.91 Å². The average molecular weight is 463 g/mol. The van der Waals surface area contributed by atoms with Gasteiger partial charge in [-0.2, -0.15) is 0 Å². The third-order valence-electron chi connectivity index (χ3n) is 3.72. The number of halogens is 1. The summed E-state index contributed by atoms with van der Waals surface area (Å²) in [5, 5.41) is 6.17. The van der Waals surface area contributed by atoms with Crippen molar-refractivity contribution in [1.29, 1.82) is 0 Å². The maximum absolute atomic E-state index is 12.2. The predicted molar refractivity (Wildman–Crippen MR) is 111 cm³/mol. The molecule has 1 heterocycles. The Labute approximate surface area is 167 Å². The first-order valence-electron chi connectivity index (χ1n) is 8.01. The molecule has 0 spiro atoms. The Hall–Kier alpha value is -1.42. The molecule has 0 saturated heterocycles.